The summed E-state index contributed by atoms with van der Waals surface area (Å²) < 4.78 is 5.49. The number of hydrogen-bond donors (Lipinski definition) is 3. The van der Waals surface area contributed by atoms with Crippen molar-refractivity contribution in [2.75, 3.05) is 18.5 Å². The van der Waals surface area contributed by atoms with Gasteiger partial charge in [-0.05, 0) is 12.1 Å². The van der Waals surface area contributed by atoms with Crippen LogP contribution in [0, 0.1) is 0 Å². The first-order valence-electron chi connectivity index (χ1n) is 6.57. The average molecular weight is 285 g/mol. The van der Waals surface area contributed by atoms with Crippen LogP contribution in [0.1, 0.15) is 0 Å². The number of aliphatic hydroxyl groups excluding tert-OH is 1. The van der Waals surface area contributed by atoms with Gasteiger partial charge in [0.1, 0.15) is 30.3 Å². The van der Waals surface area contributed by atoms with Crippen molar-refractivity contribution in [3.63, 3.8) is 0 Å². The fraction of sp³-hybridized carbons (Fsp3) is 0.214. The van der Waals surface area contributed by atoms with Gasteiger partial charge in [0.15, 0.2) is 11.5 Å². The Hall–Kier alpha value is -2.67. The standard InChI is InChI=1S/C14H15N5O2/c20-10(7-21-11-4-2-1-3-5-11)6-15-13-12-14(17-8-16-12)19-9-18-13/h1-5,8-10,20H,6-7H2,(H2,15,16,17,18,19)/t10-/m1/s1. The molecule has 2 heterocycles. The molecule has 0 aliphatic rings. The van der Waals surface area contributed by atoms with Gasteiger partial charge in [-0.3, -0.25) is 0 Å². The largest absolute Gasteiger partial charge is 0.491 e. The summed E-state index contributed by atoms with van der Waals surface area (Å²) >= 11 is 0. The van der Waals surface area contributed by atoms with Gasteiger partial charge in [-0.25, -0.2) is 15.0 Å². The summed E-state index contributed by atoms with van der Waals surface area (Å²) in [6, 6.07) is 9.37. The lowest BCUT2D eigenvalue weighted by molar-refractivity contribution is 0.117. The minimum Gasteiger partial charge on any atom is -0.491 e. The number of nitrogens with one attached hydrogen (secondary N) is 2. The summed E-state index contributed by atoms with van der Waals surface area (Å²) in [5.41, 5.74) is 1.30. The third-order valence-electron chi connectivity index (χ3n) is 2.91. The fourth-order valence-electron chi connectivity index (χ4n) is 1.88. The molecule has 0 saturated heterocycles. The van der Waals surface area contributed by atoms with Crippen molar-refractivity contribution < 1.29 is 9.84 Å². The van der Waals surface area contributed by atoms with E-state index in [9.17, 15) is 5.11 Å². The van der Waals surface area contributed by atoms with Gasteiger partial charge >= 0.3 is 0 Å². The molecule has 108 valence electrons. The van der Waals surface area contributed by atoms with E-state index < -0.39 is 6.10 Å². The topological polar surface area (TPSA) is 96.0 Å². The van der Waals surface area contributed by atoms with E-state index in [-0.39, 0.29) is 6.61 Å². The smallest absolute Gasteiger partial charge is 0.182 e. The third kappa shape index (κ3) is 3.26. The number of fused-ring (bicyclic) bond motifs is 1. The molecule has 1 atom stereocenters. The first kappa shape index (κ1) is 13.3. The first-order chi connectivity index (χ1) is 10.3. The second-order valence-electron chi connectivity index (χ2n) is 4.48. The van der Waals surface area contributed by atoms with Gasteiger partial charge in [0.25, 0.3) is 0 Å². The SMILES string of the molecule is O[C@H](CNc1ncnc2nc[nH]c12)COc1ccccc1. The lowest BCUT2D eigenvalue weighted by atomic mass is 10.3. The Balaban J connectivity index is 1.54. The lowest BCUT2D eigenvalue weighted by Gasteiger charge is -2.13. The summed E-state index contributed by atoms with van der Waals surface area (Å²) in [6.07, 6.45) is 2.33. The summed E-state index contributed by atoms with van der Waals surface area (Å²) in [6.45, 7) is 0.520. The molecule has 0 fully saturated rings. The zero-order chi connectivity index (χ0) is 14.5. The van der Waals surface area contributed by atoms with Crippen molar-refractivity contribution in [1.82, 2.24) is 19.9 Å². The quantitative estimate of drug-likeness (QED) is 0.630. The Morgan fingerprint density at radius 2 is 2.05 bits per heavy atom. The Kier molecular flexibility index (Phi) is 3.92. The Morgan fingerprint density at radius 1 is 1.19 bits per heavy atom. The van der Waals surface area contributed by atoms with E-state index in [2.05, 4.69) is 25.3 Å². The highest BCUT2D eigenvalue weighted by molar-refractivity contribution is 5.81. The van der Waals surface area contributed by atoms with Gasteiger partial charge in [0, 0.05) is 6.54 Å². The lowest BCUT2D eigenvalue weighted by Crippen LogP contribution is -2.26. The van der Waals surface area contributed by atoms with Crippen LogP contribution in [0.2, 0.25) is 0 Å². The van der Waals surface area contributed by atoms with Gasteiger partial charge in [-0.2, -0.15) is 0 Å². The molecule has 2 aromatic heterocycles. The molecule has 3 N–H and O–H groups in total. The summed E-state index contributed by atoms with van der Waals surface area (Å²) in [4.78, 5) is 15.2. The second kappa shape index (κ2) is 6.19. The molecule has 0 radical (unpaired) electrons. The van der Waals surface area contributed by atoms with E-state index in [1.54, 1.807) is 6.33 Å². The van der Waals surface area contributed by atoms with Crippen molar-refractivity contribution >= 4 is 17.0 Å². The molecule has 0 amide bonds. The minimum atomic E-state index is -0.654. The van der Waals surface area contributed by atoms with Crippen LogP contribution in [0.15, 0.2) is 43.0 Å². The van der Waals surface area contributed by atoms with Crippen LogP contribution in [0.3, 0.4) is 0 Å². The maximum atomic E-state index is 9.94. The Morgan fingerprint density at radius 3 is 2.90 bits per heavy atom. The number of aromatic nitrogens is 4. The third-order valence-corrected chi connectivity index (χ3v) is 2.91. The number of hydrogen-bond acceptors (Lipinski definition) is 6. The fourth-order valence-corrected chi connectivity index (χ4v) is 1.88. The van der Waals surface area contributed by atoms with Crippen LogP contribution < -0.4 is 10.1 Å². The number of ether oxygens (including phenoxy) is 1. The maximum Gasteiger partial charge on any atom is 0.182 e. The van der Waals surface area contributed by atoms with E-state index in [0.717, 1.165) is 5.75 Å². The van der Waals surface area contributed by atoms with Crippen molar-refractivity contribution in [3.05, 3.63) is 43.0 Å². The minimum absolute atomic E-state index is 0.203. The zero-order valence-corrected chi connectivity index (χ0v) is 11.2. The molecular weight excluding hydrogens is 270 g/mol. The van der Waals surface area contributed by atoms with Crippen LogP contribution >= 0.6 is 0 Å². The van der Waals surface area contributed by atoms with Crippen molar-refractivity contribution in [2.24, 2.45) is 0 Å². The molecule has 0 aliphatic heterocycles. The summed E-state index contributed by atoms with van der Waals surface area (Å²) in [5, 5.41) is 13.0. The van der Waals surface area contributed by atoms with E-state index in [4.69, 9.17) is 4.74 Å². The number of aliphatic hydroxyl groups is 1. The van der Waals surface area contributed by atoms with Crippen molar-refractivity contribution in [2.45, 2.75) is 6.10 Å². The molecule has 3 aromatic rings. The van der Waals surface area contributed by atoms with E-state index in [1.165, 1.54) is 6.33 Å². The van der Waals surface area contributed by atoms with Gasteiger partial charge in [-0.15, -0.1) is 0 Å². The summed E-state index contributed by atoms with van der Waals surface area (Å²) in [7, 11) is 0. The predicted molar refractivity (Wildman–Crippen MR) is 78.1 cm³/mol. The van der Waals surface area contributed by atoms with E-state index in [0.29, 0.717) is 23.5 Å². The molecule has 0 bridgehead atoms. The first-order valence-corrected chi connectivity index (χ1v) is 6.57. The molecular formula is C14H15N5O2. The highest BCUT2D eigenvalue weighted by atomic mass is 16.5. The monoisotopic (exact) mass is 285 g/mol. The molecule has 1 aromatic carbocycles. The van der Waals surface area contributed by atoms with Gasteiger partial charge in [-0.1, -0.05) is 18.2 Å². The number of aromatic amines is 1. The van der Waals surface area contributed by atoms with E-state index >= 15 is 0 Å². The van der Waals surface area contributed by atoms with Crippen LogP contribution in [0.4, 0.5) is 5.82 Å². The van der Waals surface area contributed by atoms with Gasteiger partial charge in [0.05, 0.1) is 6.33 Å². The number of H-pyrrole nitrogens is 1. The highest BCUT2D eigenvalue weighted by Gasteiger charge is 2.09. The van der Waals surface area contributed by atoms with Crippen molar-refractivity contribution in [3.8, 4) is 5.75 Å². The number of imidazole rings is 1. The normalized spacial score (nSPS) is 12.2. The molecule has 0 unspecified atom stereocenters. The van der Waals surface area contributed by atoms with Crippen molar-refractivity contribution in [1.29, 1.82) is 0 Å². The molecule has 7 heteroatoms. The van der Waals surface area contributed by atoms with Crippen LogP contribution in [0.25, 0.3) is 11.2 Å². The predicted octanol–water partition coefficient (Wildman–Crippen LogP) is 1.20. The molecule has 0 saturated carbocycles. The number of nitrogens with zero attached hydrogens (tertiary/aromatic N) is 3. The molecule has 3 rings (SSSR count). The Bertz CT molecular complexity index is 701. The number of para-hydroxylation sites is 1. The van der Waals surface area contributed by atoms with E-state index in [1.807, 2.05) is 30.3 Å². The highest BCUT2D eigenvalue weighted by Crippen LogP contribution is 2.14. The van der Waals surface area contributed by atoms with Gasteiger partial charge < -0.3 is 20.1 Å². The number of benzene rings is 1. The van der Waals surface area contributed by atoms with Crippen LogP contribution in [-0.4, -0.2) is 44.3 Å². The van der Waals surface area contributed by atoms with Crippen LogP contribution in [0.5, 0.6) is 5.75 Å². The molecule has 0 spiro atoms. The molecule has 21 heavy (non-hydrogen) atoms. The zero-order valence-electron chi connectivity index (χ0n) is 11.2. The second-order valence-corrected chi connectivity index (χ2v) is 4.48. The average Bonchev–Trinajstić information content (AvgIpc) is 3.01. The van der Waals surface area contributed by atoms with Crippen LogP contribution in [-0.2, 0) is 0 Å². The maximum absolute atomic E-state index is 9.94. The number of rotatable bonds is 6. The molecule has 0 aliphatic carbocycles. The Labute approximate surface area is 121 Å². The number of anilines is 1. The summed E-state index contributed by atoms with van der Waals surface area (Å²) in [5.74, 6) is 1.34. The molecule has 7 nitrogen and oxygen atoms in total. The van der Waals surface area contributed by atoms with Gasteiger partial charge in [0.2, 0.25) is 0 Å².